The summed E-state index contributed by atoms with van der Waals surface area (Å²) in [7, 11) is 1.67. The first-order valence-corrected chi connectivity index (χ1v) is 7.49. The minimum Gasteiger partial charge on any atom is -0.378 e. The molecule has 1 atom stereocenters. The molecular formula is C15H21N5O2. The average Bonchev–Trinajstić information content (AvgIpc) is 3.06. The highest BCUT2D eigenvalue weighted by Gasteiger charge is 2.27. The van der Waals surface area contributed by atoms with Crippen LogP contribution in [0.4, 0.5) is 0 Å². The second-order valence-electron chi connectivity index (χ2n) is 5.53. The topological polar surface area (TPSA) is 65.2 Å². The fourth-order valence-corrected chi connectivity index (χ4v) is 2.84. The van der Waals surface area contributed by atoms with Gasteiger partial charge in [-0.25, -0.2) is 0 Å². The van der Waals surface area contributed by atoms with Crippen molar-refractivity contribution >= 4 is 5.91 Å². The molecule has 0 spiro atoms. The molecule has 0 aliphatic carbocycles. The summed E-state index contributed by atoms with van der Waals surface area (Å²) < 4.78 is 9.16. The van der Waals surface area contributed by atoms with Crippen molar-refractivity contribution < 1.29 is 9.53 Å². The quantitative estimate of drug-likeness (QED) is 0.851. The number of hydrogen-bond donors (Lipinski definition) is 0. The molecule has 0 saturated heterocycles. The molecule has 1 aliphatic heterocycles. The normalized spacial score (nSPS) is 18.1. The van der Waals surface area contributed by atoms with Gasteiger partial charge in [0, 0.05) is 26.4 Å². The lowest BCUT2D eigenvalue weighted by atomic mass is 10.2. The van der Waals surface area contributed by atoms with Crippen molar-refractivity contribution in [3.63, 3.8) is 0 Å². The lowest BCUT2D eigenvalue weighted by molar-refractivity contribution is 0.0442. The monoisotopic (exact) mass is 303 g/mol. The second kappa shape index (κ2) is 5.92. The lowest BCUT2D eigenvalue weighted by Crippen LogP contribution is -2.37. The van der Waals surface area contributed by atoms with Crippen LogP contribution in [0.25, 0.3) is 0 Å². The molecule has 0 N–H and O–H groups in total. The van der Waals surface area contributed by atoms with Crippen LogP contribution in [0, 0.1) is 6.92 Å². The molecule has 0 saturated carbocycles. The van der Waals surface area contributed by atoms with E-state index < -0.39 is 0 Å². The number of ether oxygens (including phenoxy) is 1. The Morgan fingerprint density at radius 2 is 2.27 bits per heavy atom. The van der Waals surface area contributed by atoms with Gasteiger partial charge < -0.3 is 9.64 Å². The van der Waals surface area contributed by atoms with Crippen molar-refractivity contribution in [1.29, 1.82) is 0 Å². The Bertz CT molecular complexity index is 675. The maximum absolute atomic E-state index is 12.9. The predicted octanol–water partition coefficient (Wildman–Crippen LogP) is 1.08. The number of amides is 1. The van der Waals surface area contributed by atoms with Gasteiger partial charge in [-0.1, -0.05) is 0 Å². The maximum atomic E-state index is 12.9. The van der Waals surface area contributed by atoms with E-state index in [2.05, 4.69) is 10.2 Å². The van der Waals surface area contributed by atoms with Gasteiger partial charge in [0.25, 0.3) is 5.91 Å². The van der Waals surface area contributed by atoms with E-state index in [1.165, 1.54) is 0 Å². The van der Waals surface area contributed by atoms with Crippen molar-refractivity contribution in [2.45, 2.75) is 39.6 Å². The predicted molar refractivity (Wildman–Crippen MR) is 80.4 cm³/mol. The van der Waals surface area contributed by atoms with Crippen LogP contribution < -0.4 is 0 Å². The molecule has 0 bridgehead atoms. The number of aryl methyl sites for hydroxylation is 2. The summed E-state index contributed by atoms with van der Waals surface area (Å²) in [5.41, 5.74) is 2.50. The molecule has 0 fully saturated rings. The van der Waals surface area contributed by atoms with Crippen LogP contribution in [0.1, 0.15) is 28.8 Å². The third-order valence-corrected chi connectivity index (χ3v) is 4.00. The Kier molecular flexibility index (Phi) is 3.98. The first kappa shape index (κ1) is 14.8. The molecule has 118 valence electrons. The summed E-state index contributed by atoms with van der Waals surface area (Å²) in [4.78, 5) is 14.7. The minimum absolute atomic E-state index is 0.0147. The maximum Gasteiger partial charge on any atom is 0.272 e. The van der Waals surface area contributed by atoms with Gasteiger partial charge in [-0.05, 0) is 26.0 Å². The Morgan fingerprint density at radius 1 is 1.45 bits per heavy atom. The van der Waals surface area contributed by atoms with Crippen LogP contribution >= 0.6 is 0 Å². The van der Waals surface area contributed by atoms with E-state index in [1.54, 1.807) is 18.0 Å². The number of hydrogen-bond acceptors (Lipinski definition) is 4. The van der Waals surface area contributed by atoms with Crippen molar-refractivity contribution in [3.05, 3.63) is 35.4 Å². The fraction of sp³-hybridized carbons (Fsp3) is 0.533. The molecule has 2 aromatic rings. The Morgan fingerprint density at radius 3 is 3.00 bits per heavy atom. The number of nitrogens with zero attached hydrogens (tertiary/aromatic N) is 5. The third kappa shape index (κ3) is 2.64. The largest absolute Gasteiger partial charge is 0.378 e. The van der Waals surface area contributed by atoms with Crippen LogP contribution in [-0.4, -0.2) is 50.1 Å². The number of aromatic nitrogens is 4. The highest BCUT2D eigenvalue weighted by atomic mass is 16.5. The van der Waals surface area contributed by atoms with Crippen molar-refractivity contribution in [3.8, 4) is 0 Å². The first-order valence-electron chi connectivity index (χ1n) is 7.49. The van der Waals surface area contributed by atoms with Crippen LogP contribution in [0.5, 0.6) is 0 Å². The van der Waals surface area contributed by atoms with E-state index in [0.29, 0.717) is 31.9 Å². The third-order valence-electron chi connectivity index (χ3n) is 4.00. The second-order valence-corrected chi connectivity index (χ2v) is 5.53. The number of methoxy groups -OCH3 is 1. The summed E-state index contributed by atoms with van der Waals surface area (Å²) >= 11 is 0. The number of rotatable bonds is 3. The Labute approximate surface area is 129 Å². The van der Waals surface area contributed by atoms with E-state index in [1.807, 2.05) is 35.6 Å². The highest BCUT2D eigenvalue weighted by molar-refractivity contribution is 5.92. The van der Waals surface area contributed by atoms with E-state index in [0.717, 1.165) is 11.4 Å². The Balaban J connectivity index is 1.91. The smallest absolute Gasteiger partial charge is 0.272 e. The zero-order valence-corrected chi connectivity index (χ0v) is 13.2. The molecule has 1 unspecified atom stereocenters. The van der Waals surface area contributed by atoms with Crippen molar-refractivity contribution in [1.82, 2.24) is 24.5 Å². The SMILES string of the molecule is CCn1nc(C)cc1C(=O)N1Cc2ccnn2CC(OC)C1. The van der Waals surface area contributed by atoms with E-state index in [4.69, 9.17) is 4.74 Å². The van der Waals surface area contributed by atoms with E-state index in [-0.39, 0.29) is 12.0 Å². The molecule has 0 aromatic carbocycles. The molecular weight excluding hydrogens is 282 g/mol. The first-order chi connectivity index (χ1) is 10.6. The number of carbonyl (C=O) groups excluding carboxylic acids is 1. The van der Waals surface area contributed by atoms with Gasteiger partial charge in [0.15, 0.2) is 0 Å². The summed E-state index contributed by atoms with van der Waals surface area (Å²) in [6, 6.07) is 3.79. The number of carbonyl (C=O) groups is 1. The fourth-order valence-electron chi connectivity index (χ4n) is 2.84. The lowest BCUT2D eigenvalue weighted by Gasteiger charge is -2.23. The van der Waals surface area contributed by atoms with Crippen molar-refractivity contribution in [2.24, 2.45) is 0 Å². The zero-order chi connectivity index (χ0) is 15.7. The summed E-state index contributed by atoms with van der Waals surface area (Å²) in [5, 5.41) is 8.66. The number of fused-ring (bicyclic) bond motifs is 1. The molecule has 0 radical (unpaired) electrons. The van der Waals surface area contributed by atoms with Crippen LogP contribution in [-0.2, 0) is 24.4 Å². The zero-order valence-electron chi connectivity index (χ0n) is 13.2. The highest BCUT2D eigenvalue weighted by Crippen LogP contribution is 2.17. The van der Waals surface area contributed by atoms with Gasteiger partial charge in [0.1, 0.15) is 5.69 Å². The molecule has 22 heavy (non-hydrogen) atoms. The van der Waals surface area contributed by atoms with Crippen LogP contribution in [0.15, 0.2) is 18.3 Å². The molecule has 7 heteroatoms. The van der Waals surface area contributed by atoms with Gasteiger partial charge in [-0.15, -0.1) is 0 Å². The van der Waals surface area contributed by atoms with Gasteiger partial charge in [-0.2, -0.15) is 10.2 Å². The summed E-state index contributed by atoms with van der Waals surface area (Å²) in [6.07, 6.45) is 1.69. The van der Waals surface area contributed by atoms with Crippen LogP contribution in [0.2, 0.25) is 0 Å². The van der Waals surface area contributed by atoms with E-state index >= 15 is 0 Å². The molecule has 3 heterocycles. The molecule has 1 aliphatic rings. The standard InChI is InChI=1S/C15H21N5O2/c1-4-19-14(7-11(2)17-19)15(21)18-8-12-5-6-16-20(12)10-13(9-18)22-3/h5-7,13H,4,8-10H2,1-3H3. The van der Waals surface area contributed by atoms with Gasteiger partial charge in [0.05, 0.1) is 30.6 Å². The molecule has 7 nitrogen and oxygen atoms in total. The average molecular weight is 303 g/mol. The van der Waals surface area contributed by atoms with Gasteiger partial charge in [-0.3, -0.25) is 14.2 Å². The summed E-state index contributed by atoms with van der Waals surface area (Å²) in [5.74, 6) is -0.0147. The Hall–Kier alpha value is -2.15. The molecule has 2 aromatic heterocycles. The van der Waals surface area contributed by atoms with Crippen molar-refractivity contribution in [2.75, 3.05) is 13.7 Å². The van der Waals surface area contributed by atoms with Crippen LogP contribution in [0.3, 0.4) is 0 Å². The molecule has 1 amide bonds. The minimum atomic E-state index is -0.0656. The van der Waals surface area contributed by atoms with Gasteiger partial charge >= 0.3 is 0 Å². The van der Waals surface area contributed by atoms with Gasteiger partial charge in [0.2, 0.25) is 0 Å². The summed E-state index contributed by atoms with van der Waals surface area (Å²) in [6.45, 7) is 6.30. The molecule has 3 rings (SSSR count). The van der Waals surface area contributed by atoms with E-state index in [9.17, 15) is 4.79 Å².